The summed E-state index contributed by atoms with van der Waals surface area (Å²) in [5.74, 6) is 1.42. The van der Waals surface area contributed by atoms with Crippen LogP contribution in [0.15, 0.2) is 0 Å². The number of aromatic nitrogens is 2. The van der Waals surface area contributed by atoms with E-state index < -0.39 is 6.10 Å². The molecule has 0 fully saturated rings. The molecule has 1 atom stereocenters. The van der Waals surface area contributed by atoms with Gasteiger partial charge in [-0.05, 0) is 5.92 Å². The number of hydrogen-bond donors (Lipinski definition) is 2. The van der Waals surface area contributed by atoms with Crippen LogP contribution in [0, 0.1) is 5.92 Å². The highest BCUT2D eigenvalue weighted by Gasteiger charge is 2.08. The first-order valence-electron chi connectivity index (χ1n) is 5.35. The summed E-state index contributed by atoms with van der Waals surface area (Å²) in [6.07, 6.45) is 0.376. The molecule has 5 nitrogen and oxygen atoms in total. The van der Waals surface area contributed by atoms with Crippen molar-refractivity contribution in [1.29, 1.82) is 0 Å². The molecule has 0 aliphatic carbocycles. The minimum Gasteiger partial charge on any atom is -0.389 e. The zero-order valence-electron chi connectivity index (χ0n) is 9.93. The molecule has 92 valence electrons. The normalized spacial score (nSPS) is 13.1. The Bertz CT molecular complexity index is 304. The van der Waals surface area contributed by atoms with Crippen LogP contribution in [0.4, 0.5) is 5.13 Å². The van der Waals surface area contributed by atoms with Gasteiger partial charge in [0.15, 0.2) is 0 Å². The minimum absolute atomic E-state index is 0.324. The summed E-state index contributed by atoms with van der Waals surface area (Å²) in [6.45, 7) is 5.03. The van der Waals surface area contributed by atoms with E-state index in [0.717, 1.165) is 17.4 Å². The lowest BCUT2D eigenvalue weighted by Crippen LogP contribution is -2.24. The molecule has 1 aromatic rings. The third kappa shape index (κ3) is 4.87. The van der Waals surface area contributed by atoms with E-state index in [1.165, 1.54) is 11.5 Å². The zero-order valence-corrected chi connectivity index (χ0v) is 10.8. The second-order valence-electron chi connectivity index (χ2n) is 4.10. The maximum absolute atomic E-state index is 9.43. The van der Waals surface area contributed by atoms with Gasteiger partial charge in [-0.3, -0.25) is 0 Å². The lowest BCUT2D eigenvalue weighted by Gasteiger charge is -2.08. The van der Waals surface area contributed by atoms with Gasteiger partial charge in [-0.1, -0.05) is 13.8 Å². The Morgan fingerprint density at radius 1 is 1.50 bits per heavy atom. The Morgan fingerprint density at radius 2 is 2.25 bits per heavy atom. The van der Waals surface area contributed by atoms with Gasteiger partial charge < -0.3 is 15.2 Å². The Labute approximate surface area is 100 Å². The number of ether oxygens (including phenoxy) is 1. The van der Waals surface area contributed by atoms with Crippen LogP contribution in [0.5, 0.6) is 0 Å². The van der Waals surface area contributed by atoms with Gasteiger partial charge in [0.25, 0.3) is 0 Å². The number of aliphatic hydroxyl groups is 1. The van der Waals surface area contributed by atoms with Gasteiger partial charge in [-0.2, -0.15) is 4.37 Å². The molecule has 0 amide bonds. The summed E-state index contributed by atoms with van der Waals surface area (Å²) in [6, 6.07) is 0. The van der Waals surface area contributed by atoms with Crippen molar-refractivity contribution in [2.24, 2.45) is 5.92 Å². The fraction of sp³-hybridized carbons (Fsp3) is 0.800. The first-order valence-corrected chi connectivity index (χ1v) is 6.12. The van der Waals surface area contributed by atoms with E-state index in [1.54, 1.807) is 7.11 Å². The highest BCUT2D eigenvalue weighted by atomic mass is 32.1. The second-order valence-corrected chi connectivity index (χ2v) is 4.86. The Hall–Kier alpha value is -0.720. The van der Waals surface area contributed by atoms with E-state index in [-0.39, 0.29) is 0 Å². The second kappa shape index (κ2) is 6.78. The van der Waals surface area contributed by atoms with E-state index in [2.05, 4.69) is 28.5 Å². The monoisotopic (exact) mass is 245 g/mol. The number of nitrogens with zero attached hydrogens (tertiary/aromatic N) is 2. The van der Waals surface area contributed by atoms with Gasteiger partial charge >= 0.3 is 0 Å². The molecule has 0 aliphatic rings. The molecule has 0 aromatic carbocycles. The highest BCUT2D eigenvalue weighted by Crippen LogP contribution is 2.13. The smallest absolute Gasteiger partial charge is 0.202 e. The third-order valence-corrected chi connectivity index (χ3v) is 2.62. The quantitative estimate of drug-likeness (QED) is 0.754. The summed E-state index contributed by atoms with van der Waals surface area (Å²) in [7, 11) is 1.56. The fourth-order valence-electron chi connectivity index (χ4n) is 1.23. The SMILES string of the molecule is COC[C@H](O)CNc1nc(CC(C)C)ns1. The minimum atomic E-state index is -0.512. The van der Waals surface area contributed by atoms with E-state index in [4.69, 9.17) is 4.74 Å². The molecule has 0 saturated carbocycles. The lowest BCUT2D eigenvalue weighted by molar-refractivity contribution is 0.0727. The molecule has 0 aliphatic heterocycles. The lowest BCUT2D eigenvalue weighted by atomic mass is 10.1. The van der Waals surface area contributed by atoms with Crippen molar-refractivity contribution in [3.05, 3.63) is 5.82 Å². The molecule has 0 spiro atoms. The molecule has 0 unspecified atom stereocenters. The molecule has 0 saturated heterocycles. The molecule has 16 heavy (non-hydrogen) atoms. The first kappa shape index (κ1) is 13.3. The van der Waals surface area contributed by atoms with Crippen LogP contribution in [-0.2, 0) is 11.2 Å². The molecular weight excluding hydrogens is 226 g/mol. The van der Waals surface area contributed by atoms with Crippen LogP contribution >= 0.6 is 11.5 Å². The Kier molecular flexibility index (Phi) is 5.65. The van der Waals surface area contributed by atoms with Gasteiger partial charge in [0, 0.05) is 31.6 Å². The van der Waals surface area contributed by atoms with Crippen molar-refractivity contribution >= 4 is 16.7 Å². The van der Waals surface area contributed by atoms with Gasteiger partial charge in [-0.15, -0.1) is 0 Å². The van der Waals surface area contributed by atoms with Gasteiger partial charge in [0.1, 0.15) is 5.82 Å². The summed E-state index contributed by atoms with van der Waals surface area (Å²) < 4.78 is 9.06. The van der Waals surface area contributed by atoms with Gasteiger partial charge in [0.05, 0.1) is 12.7 Å². The predicted octanol–water partition coefficient (Wildman–Crippen LogP) is 1.16. The van der Waals surface area contributed by atoms with E-state index in [0.29, 0.717) is 19.1 Å². The summed E-state index contributed by atoms with van der Waals surface area (Å²) in [5, 5.41) is 13.2. The van der Waals surface area contributed by atoms with E-state index in [1.807, 2.05) is 0 Å². The standard InChI is InChI=1S/C10H19N3O2S/c1-7(2)4-9-12-10(16-13-9)11-5-8(14)6-15-3/h7-8,14H,4-6H2,1-3H3,(H,11,12,13)/t8-/m1/s1. The molecule has 0 bridgehead atoms. The molecule has 1 aromatic heterocycles. The zero-order chi connectivity index (χ0) is 12.0. The fourth-order valence-corrected chi connectivity index (χ4v) is 1.83. The van der Waals surface area contributed by atoms with Crippen LogP contribution in [0.1, 0.15) is 19.7 Å². The number of hydrogen-bond acceptors (Lipinski definition) is 6. The van der Waals surface area contributed by atoms with Crippen molar-refractivity contribution in [2.75, 3.05) is 25.6 Å². The van der Waals surface area contributed by atoms with Gasteiger partial charge in [-0.25, -0.2) is 4.98 Å². The maximum Gasteiger partial charge on any atom is 0.202 e. The van der Waals surface area contributed by atoms with Crippen molar-refractivity contribution < 1.29 is 9.84 Å². The van der Waals surface area contributed by atoms with Crippen LogP contribution in [0.3, 0.4) is 0 Å². The van der Waals surface area contributed by atoms with Crippen molar-refractivity contribution in [1.82, 2.24) is 9.36 Å². The number of aliphatic hydroxyl groups excluding tert-OH is 1. The highest BCUT2D eigenvalue weighted by molar-refractivity contribution is 7.09. The largest absolute Gasteiger partial charge is 0.389 e. The summed E-state index contributed by atoms with van der Waals surface area (Å²) >= 11 is 1.33. The van der Waals surface area contributed by atoms with Crippen LogP contribution in [0.25, 0.3) is 0 Å². The topological polar surface area (TPSA) is 67.3 Å². The molecule has 2 N–H and O–H groups in total. The van der Waals surface area contributed by atoms with Crippen LogP contribution < -0.4 is 5.32 Å². The van der Waals surface area contributed by atoms with Crippen molar-refractivity contribution in [3.8, 4) is 0 Å². The Balaban J connectivity index is 2.34. The number of nitrogens with one attached hydrogen (secondary N) is 1. The number of anilines is 1. The van der Waals surface area contributed by atoms with Crippen molar-refractivity contribution in [2.45, 2.75) is 26.4 Å². The average molecular weight is 245 g/mol. The van der Waals surface area contributed by atoms with E-state index in [9.17, 15) is 5.11 Å². The summed E-state index contributed by atoms with van der Waals surface area (Å²) in [5.41, 5.74) is 0. The molecule has 0 radical (unpaired) electrons. The first-order chi connectivity index (χ1) is 7.61. The summed E-state index contributed by atoms with van der Waals surface area (Å²) in [4.78, 5) is 4.33. The Morgan fingerprint density at radius 3 is 2.88 bits per heavy atom. The maximum atomic E-state index is 9.43. The van der Waals surface area contributed by atoms with E-state index >= 15 is 0 Å². The predicted molar refractivity (Wildman–Crippen MR) is 64.8 cm³/mol. The molecule has 6 heteroatoms. The third-order valence-electron chi connectivity index (χ3n) is 1.91. The number of methoxy groups -OCH3 is 1. The van der Waals surface area contributed by atoms with Crippen LogP contribution in [0.2, 0.25) is 0 Å². The van der Waals surface area contributed by atoms with Crippen LogP contribution in [-0.4, -0.2) is 40.8 Å². The average Bonchev–Trinajstić information content (AvgIpc) is 2.62. The molecule has 1 heterocycles. The molecule has 1 rings (SSSR count). The van der Waals surface area contributed by atoms with Gasteiger partial charge in [0.2, 0.25) is 5.13 Å². The number of rotatable bonds is 7. The van der Waals surface area contributed by atoms with Crippen molar-refractivity contribution in [3.63, 3.8) is 0 Å². The molecular formula is C10H19N3O2S.